The van der Waals surface area contributed by atoms with Crippen molar-refractivity contribution in [3.05, 3.63) is 11.9 Å². The molecule has 1 N–H and O–H groups in total. The molecule has 1 aliphatic carbocycles. The lowest BCUT2D eigenvalue weighted by Crippen LogP contribution is -2.37. The summed E-state index contributed by atoms with van der Waals surface area (Å²) in [5.74, 6) is -0.494. The first-order chi connectivity index (χ1) is 8.63. The van der Waals surface area contributed by atoms with Gasteiger partial charge < -0.3 is 10.0 Å². The number of carbonyl (C=O) groups excluding carboxylic acids is 1. The number of rotatable bonds is 3. The lowest BCUT2D eigenvalue weighted by Gasteiger charge is -2.25. The summed E-state index contributed by atoms with van der Waals surface area (Å²) in [4.78, 5) is 24.6. The molecular weight excluding hydrogens is 236 g/mol. The summed E-state index contributed by atoms with van der Waals surface area (Å²) in [5, 5.41) is 16.0. The number of piperidine rings is 1. The van der Waals surface area contributed by atoms with E-state index in [-0.39, 0.29) is 18.1 Å². The molecule has 0 radical (unpaired) electrons. The van der Waals surface area contributed by atoms with Crippen LogP contribution < -0.4 is 0 Å². The highest BCUT2D eigenvalue weighted by Gasteiger charge is 2.41. The second kappa shape index (κ2) is 4.08. The van der Waals surface area contributed by atoms with Gasteiger partial charge in [0, 0.05) is 12.6 Å². The molecule has 2 atom stereocenters. The third-order valence-electron chi connectivity index (χ3n) is 3.73. The van der Waals surface area contributed by atoms with Crippen LogP contribution in [0.4, 0.5) is 0 Å². The van der Waals surface area contributed by atoms with Gasteiger partial charge in [-0.2, -0.15) is 0 Å². The topological polar surface area (TPSA) is 88.3 Å². The van der Waals surface area contributed by atoms with Crippen LogP contribution in [-0.4, -0.2) is 49.5 Å². The third-order valence-corrected chi connectivity index (χ3v) is 3.73. The number of carboxylic acids is 1. The average Bonchev–Trinajstić information content (AvgIpc) is 3.01. The summed E-state index contributed by atoms with van der Waals surface area (Å²) in [7, 11) is 0. The van der Waals surface area contributed by atoms with Crippen molar-refractivity contribution in [3.63, 3.8) is 0 Å². The summed E-state index contributed by atoms with van der Waals surface area (Å²) in [5.41, 5.74) is 0.240. The van der Waals surface area contributed by atoms with Crippen molar-refractivity contribution in [2.24, 2.45) is 5.92 Å². The van der Waals surface area contributed by atoms with Gasteiger partial charge in [-0.3, -0.25) is 9.59 Å². The van der Waals surface area contributed by atoms with E-state index in [0.29, 0.717) is 12.0 Å². The molecular formula is C11H14N4O3. The minimum atomic E-state index is -1.00. The molecule has 1 aliphatic heterocycles. The van der Waals surface area contributed by atoms with Gasteiger partial charge in [0.25, 0.3) is 5.91 Å². The Morgan fingerprint density at radius 1 is 1.44 bits per heavy atom. The fourth-order valence-corrected chi connectivity index (χ4v) is 2.93. The second-order valence-corrected chi connectivity index (χ2v) is 4.99. The van der Waals surface area contributed by atoms with Crippen molar-refractivity contribution in [3.8, 4) is 0 Å². The maximum atomic E-state index is 12.2. The SMILES string of the molecule is O=C(O)Cn1cc(C(=O)N2CC3CCC2C3)nn1. The predicted octanol–water partition coefficient (Wildman–Crippen LogP) is -0.0128. The van der Waals surface area contributed by atoms with Crippen molar-refractivity contribution in [2.45, 2.75) is 31.8 Å². The molecule has 2 aliphatic rings. The van der Waals surface area contributed by atoms with E-state index in [1.165, 1.54) is 17.3 Å². The Balaban J connectivity index is 1.72. The normalized spacial score (nSPS) is 25.7. The van der Waals surface area contributed by atoms with E-state index >= 15 is 0 Å². The number of aromatic nitrogens is 3. The molecule has 0 aromatic carbocycles. The van der Waals surface area contributed by atoms with Crippen molar-refractivity contribution in [2.75, 3.05) is 6.54 Å². The maximum absolute atomic E-state index is 12.2. The Morgan fingerprint density at radius 3 is 2.89 bits per heavy atom. The van der Waals surface area contributed by atoms with Gasteiger partial charge in [0.1, 0.15) is 6.54 Å². The first-order valence-corrected chi connectivity index (χ1v) is 6.06. The molecule has 1 amide bonds. The Bertz CT molecular complexity index is 498. The zero-order valence-corrected chi connectivity index (χ0v) is 9.82. The van der Waals surface area contributed by atoms with E-state index in [0.717, 1.165) is 19.4 Å². The Kier molecular flexibility index (Phi) is 2.53. The van der Waals surface area contributed by atoms with Crippen LogP contribution in [0.2, 0.25) is 0 Å². The number of hydrogen-bond acceptors (Lipinski definition) is 4. The highest BCUT2D eigenvalue weighted by molar-refractivity contribution is 5.92. The number of amides is 1. The van der Waals surface area contributed by atoms with Gasteiger partial charge in [0.2, 0.25) is 0 Å². The Labute approximate surface area is 103 Å². The third kappa shape index (κ3) is 1.85. The molecule has 0 spiro atoms. The van der Waals surface area contributed by atoms with Crippen LogP contribution in [0.15, 0.2) is 6.20 Å². The van der Waals surface area contributed by atoms with Gasteiger partial charge in [-0.15, -0.1) is 5.10 Å². The maximum Gasteiger partial charge on any atom is 0.325 e. The molecule has 1 aromatic rings. The van der Waals surface area contributed by atoms with Crippen LogP contribution in [0.1, 0.15) is 29.8 Å². The zero-order chi connectivity index (χ0) is 12.7. The van der Waals surface area contributed by atoms with E-state index in [4.69, 9.17) is 5.11 Å². The van der Waals surface area contributed by atoms with Crippen LogP contribution in [0.25, 0.3) is 0 Å². The first kappa shape index (κ1) is 11.2. The second-order valence-electron chi connectivity index (χ2n) is 4.99. The van der Waals surface area contributed by atoms with Crippen LogP contribution in [0, 0.1) is 5.92 Å². The summed E-state index contributed by atoms with van der Waals surface area (Å²) < 4.78 is 1.17. The lowest BCUT2D eigenvalue weighted by atomic mass is 10.1. The van der Waals surface area contributed by atoms with Crippen LogP contribution in [0.5, 0.6) is 0 Å². The largest absolute Gasteiger partial charge is 0.480 e. The molecule has 2 unspecified atom stereocenters. The van der Waals surface area contributed by atoms with Crippen molar-refractivity contribution >= 4 is 11.9 Å². The standard InChI is InChI=1S/C11H14N4O3/c16-10(17)6-14-5-9(12-13-14)11(18)15-4-7-1-2-8(15)3-7/h5,7-8H,1-4,6H2,(H,16,17). The number of likely N-dealkylation sites (tertiary alicyclic amines) is 1. The van der Waals surface area contributed by atoms with Gasteiger partial charge in [-0.25, -0.2) is 4.68 Å². The van der Waals surface area contributed by atoms with Gasteiger partial charge >= 0.3 is 5.97 Å². The molecule has 96 valence electrons. The Morgan fingerprint density at radius 2 is 2.28 bits per heavy atom. The number of nitrogens with zero attached hydrogens (tertiary/aromatic N) is 4. The summed E-state index contributed by atoms with van der Waals surface area (Å²) >= 11 is 0. The number of fused-ring (bicyclic) bond motifs is 2. The summed E-state index contributed by atoms with van der Waals surface area (Å²) in [6.07, 6.45) is 4.78. The summed E-state index contributed by atoms with van der Waals surface area (Å²) in [6.45, 7) is 0.529. The van der Waals surface area contributed by atoms with E-state index in [2.05, 4.69) is 10.3 Å². The van der Waals surface area contributed by atoms with E-state index in [1.807, 2.05) is 4.90 Å². The summed E-state index contributed by atoms with van der Waals surface area (Å²) in [6, 6.07) is 0.340. The lowest BCUT2D eigenvalue weighted by molar-refractivity contribution is -0.137. The van der Waals surface area contributed by atoms with E-state index in [9.17, 15) is 9.59 Å². The van der Waals surface area contributed by atoms with Gasteiger partial charge in [-0.1, -0.05) is 5.21 Å². The average molecular weight is 250 g/mol. The number of aliphatic carboxylic acids is 1. The molecule has 1 aromatic heterocycles. The van der Waals surface area contributed by atoms with Crippen LogP contribution in [0.3, 0.4) is 0 Å². The van der Waals surface area contributed by atoms with Crippen molar-refractivity contribution in [1.29, 1.82) is 0 Å². The molecule has 3 rings (SSSR count). The van der Waals surface area contributed by atoms with Gasteiger partial charge in [-0.05, 0) is 25.2 Å². The van der Waals surface area contributed by atoms with E-state index in [1.54, 1.807) is 0 Å². The fraction of sp³-hybridized carbons (Fsp3) is 0.636. The van der Waals surface area contributed by atoms with E-state index < -0.39 is 5.97 Å². The molecule has 1 saturated carbocycles. The fourth-order valence-electron chi connectivity index (χ4n) is 2.93. The molecule has 2 heterocycles. The highest BCUT2D eigenvalue weighted by atomic mass is 16.4. The zero-order valence-electron chi connectivity index (χ0n) is 9.82. The quantitative estimate of drug-likeness (QED) is 0.815. The minimum Gasteiger partial charge on any atom is -0.480 e. The van der Waals surface area contributed by atoms with Crippen molar-refractivity contribution < 1.29 is 14.7 Å². The first-order valence-electron chi connectivity index (χ1n) is 6.06. The van der Waals surface area contributed by atoms with Crippen molar-refractivity contribution in [1.82, 2.24) is 19.9 Å². The molecule has 18 heavy (non-hydrogen) atoms. The molecule has 2 fully saturated rings. The number of carbonyl (C=O) groups is 2. The van der Waals surface area contributed by atoms with Gasteiger partial charge in [0.05, 0.1) is 6.20 Å². The monoisotopic (exact) mass is 250 g/mol. The van der Waals surface area contributed by atoms with Gasteiger partial charge in [0.15, 0.2) is 5.69 Å². The Hall–Kier alpha value is -1.92. The number of carboxylic acid groups (broad SMARTS) is 1. The molecule has 1 saturated heterocycles. The van der Waals surface area contributed by atoms with Crippen LogP contribution in [-0.2, 0) is 11.3 Å². The smallest absolute Gasteiger partial charge is 0.325 e. The molecule has 7 nitrogen and oxygen atoms in total. The number of hydrogen-bond donors (Lipinski definition) is 1. The minimum absolute atomic E-state index is 0.126. The highest BCUT2D eigenvalue weighted by Crippen LogP contribution is 2.37. The molecule has 7 heteroatoms. The van der Waals surface area contributed by atoms with Crippen LogP contribution >= 0.6 is 0 Å². The molecule has 2 bridgehead atoms. The predicted molar refractivity (Wildman–Crippen MR) is 59.8 cm³/mol.